The Morgan fingerprint density at radius 3 is 2.47 bits per heavy atom. The maximum atomic E-state index is 12.1. The zero-order valence-corrected chi connectivity index (χ0v) is 11.4. The number of carbonyl (C=O) groups is 1. The van der Waals surface area contributed by atoms with Crippen LogP contribution in [0.2, 0.25) is 0 Å². The van der Waals surface area contributed by atoms with Gasteiger partial charge in [0, 0.05) is 32.6 Å². The molecule has 1 aliphatic rings. The molecule has 0 bridgehead atoms. The molecule has 17 heavy (non-hydrogen) atoms. The minimum Gasteiger partial charge on any atom is -0.395 e. The SMILES string of the molecule is CC(C)(C)CC(=O)N1CCCN(CCO)CC1. The summed E-state index contributed by atoms with van der Waals surface area (Å²) in [7, 11) is 0. The molecule has 4 nitrogen and oxygen atoms in total. The quantitative estimate of drug-likeness (QED) is 0.801. The van der Waals surface area contributed by atoms with Crippen LogP contribution < -0.4 is 0 Å². The molecule has 1 amide bonds. The van der Waals surface area contributed by atoms with Gasteiger partial charge in [-0.3, -0.25) is 9.69 Å². The summed E-state index contributed by atoms with van der Waals surface area (Å²) in [5.41, 5.74) is 0.0637. The van der Waals surface area contributed by atoms with E-state index in [4.69, 9.17) is 5.11 Å². The maximum Gasteiger partial charge on any atom is 0.223 e. The van der Waals surface area contributed by atoms with Crippen molar-refractivity contribution in [2.24, 2.45) is 5.41 Å². The highest BCUT2D eigenvalue weighted by Crippen LogP contribution is 2.20. The Hall–Kier alpha value is -0.610. The fourth-order valence-corrected chi connectivity index (χ4v) is 2.15. The number of rotatable bonds is 3. The van der Waals surface area contributed by atoms with Crippen molar-refractivity contribution in [2.45, 2.75) is 33.6 Å². The lowest BCUT2D eigenvalue weighted by molar-refractivity contribution is -0.132. The van der Waals surface area contributed by atoms with Gasteiger partial charge in [0.15, 0.2) is 0 Å². The molecule has 100 valence electrons. The Labute approximate surface area is 105 Å². The van der Waals surface area contributed by atoms with Crippen molar-refractivity contribution >= 4 is 5.91 Å². The molecule has 0 radical (unpaired) electrons. The van der Waals surface area contributed by atoms with E-state index in [-0.39, 0.29) is 17.9 Å². The molecular weight excluding hydrogens is 216 g/mol. The molecule has 0 unspecified atom stereocenters. The standard InChI is InChI=1S/C13H26N2O2/c1-13(2,3)11-12(17)15-6-4-5-14(7-8-15)9-10-16/h16H,4-11H2,1-3H3. The zero-order valence-electron chi connectivity index (χ0n) is 11.4. The number of β-amino-alcohol motifs (C(OH)–C–C–N with tert-alkyl or cyclic N) is 1. The molecule has 0 atom stereocenters. The largest absolute Gasteiger partial charge is 0.395 e. The molecule has 1 aliphatic heterocycles. The van der Waals surface area contributed by atoms with Crippen LogP contribution in [0.4, 0.5) is 0 Å². The highest BCUT2D eigenvalue weighted by Gasteiger charge is 2.23. The van der Waals surface area contributed by atoms with Crippen molar-refractivity contribution < 1.29 is 9.90 Å². The number of carbonyl (C=O) groups excluding carboxylic acids is 1. The van der Waals surface area contributed by atoms with Crippen molar-refractivity contribution in [3.8, 4) is 0 Å². The molecule has 4 heteroatoms. The second-order valence-corrected chi connectivity index (χ2v) is 6.04. The van der Waals surface area contributed by atoms with Gasteiger partial charge >= 0.3 is 0 Å². The number of hydrogen-bond donors (Lipinski definition) is 1. The summed E-state index contributed by atoms with van der Waals surface area (Å²) in [5.74, 6) is 0.267. The van der Waals surface area contributed by atoms with Crippen LogP contribution in [0.25, 0.3) is 0 Å². The average molecular weight is 242 g/mol. The van der Waals surface area contributed by atoms with Crippen molar-refractivity contribution in [3.05, 3.63) is 0 Å². The molecule has 0 aromatic carbocycles. The Balaban J connectivity index is 2.43. The van der Waals surface area contributed by atoms with E-state index in [2.05, 4.69) is 25.7 Å². The van der Waals surface area contributed by atoms with E-state index in [0.29, 0.717) is 6.42 Å². The van der Waals surface area contributed by atoms with E-state index in [1.54, 1.807) is 0 Å². The highest BCUT2D eigenvalue weighted by atomic mass is 16.3. The molecular formula is C13H26N2O2. The first-order chi connectivity index (χ1) is 7.92. The van der Waals surface area contributed by atoms with Crippen molar-refractivity contribution in [1.29, 1.82) is 0 Å². The Bertz CT molecular complexity index is 248. The summed E-state index contributed by atoms with van der Waals surface area (Å²) in [6.07, 6.45) is 1.63. The lowest BCUT2D eigenvalue weighted by atomic mass is 9.91. The van der Waals surface area contributed by atoms with E-state index in [9.17, 15) is 4.79 Å². The lowest BCUT2D eigenvalue weighted by Crippen LogP contribution is -2.37. The molecule has 0 saturated carbocycles. The van der Waals surface area contributed by atoms with Gasteiger partial charge < -0.3 is 10.0 Å². The molecule has 1 fully saturated rings. The third-order valence-corrected chi connectivity index (χ3v) is 3.04. The predicted octanol–water partition coefficient (Wildman–Crippen LogP) is 0.949. The van der Waals surface area contributed by atoms with Gasteiger partial charge in [0.05, 0.1) is 6.61 Å². The zero-order chi connectivity index (χ0) is 12.9. The molecule has 0 aromatic heterocycles. The first-order valence-electron chi connectivity index (χ1n) is 6.53. The lowest BCUT2D eigenvalue weighted by Gasteiger charge is -2.25. The smallest absolute Gasteiger partial charge is 0.223 e. The third kappa shape index (κ3) is 5.50. The molecule has 1 heterocycles. The normalized spacial score (nSPS) is 19.2. The van der Waals surface area contributed by atoms with Crippen LogP contribution in [0.1, 0.15) is 33.6 Å². The monoisotopic (exact) mass is 242 g/mol. The topological polar surface area (TPSA) is 43.8 Å². The number of aliphatic hydroxyl groups excluding tert-OH is 1. The fourth-order valence-electron chi connectivity index (χ4n) is 2.15. The number of nitrogens with zero attached hydrogens (tertiary/aromatic N) is 2. The van der Waals surface area contributed by atoms with Crippen LogP contribution in [-0.2, 0) is 4.79 Å². The Morgan fingerprint density at radius 1 is 1.18 bits per heavy atom. The van der Waals surface area contributed by atoms with Crippen LogP contribution in [0.3, 0.4) is 0 Å². The van der Waals surface area contributed by atoms with E-state index >= 15 is 0 Å². The summed E-state index contributed by atoms with van der Waals surface area (Å²) in [6.45, 7) is 10.8. The summed E-state index contributed by atoms with van der Waals surface area (Å²) >= 11 is 0. The second kappa shape index (κ2) is 6.36. The van der Waals surface area contributed by atoms with Gasteiger partial charge in [0.1, 0.15) is 0 Å². The van der Waals surface area contributed by atoms with Crippen LogP contribution in [-0.4, -0.2) is 60.1 Å². The predicted molar refractivity (Wildman–Crippen MR) is 68.8 cm³/mol. The second-order valence-electron chi connectivity index (χ2n) is 6.04. The summed E-state index contributed by atoms with van der Waals surface area (Å²) in [4.78, 5) is 16.3. The van der Waals surface area contributed by atoms with Gasteiger partial charge in [-0.05, 0) is 18.4 Å². The summed E-state index contributed by atoms with van der Waals surface area (Å²) < 4.78 is 0. The van der Waals surface area contributed by atoms with Gasteiger partial charge in [-0.1, -0.05) is 20.8 Å². The third-order valence-electron chi connectivity index (χ3n) is 3.04. The van der Waals surface area contributed by atoms with Crippen LogP contribution in [0.15, 0.2) is 0 Å². The van der Waals surface area contributed by atoms with Gasteiger partial charge in [0.2, 0.25) is 5.91 Å². The summed E-state index contributed by atoms with van der Waals surface area (Å²) in [5, 5.41) is 8.92. The fraction of sp³-hybridized carbons (Fsp3) is 0.923. The van der Waals surface area contributed by atoms with E-state index in [0.717, 1.165) is 39.1 Å². The van der Waals surface area contributed by atoms with E-state index < -0.39 is 0 Å². The van der Waals surface area contributed by atoms with E-state index in [1.807, 2.05) is 4.90 Å². The number of hydrogen-bond acceptors (Lipinski definition) is 3. The minimum atomic E-state index is 0.0637. The van der Waals surface area contributed by atoms with Crippen LogP contribution in [0.5, 0.6) is 0 Å². The van der Waals surface area contributed by atoms with Crippen LogP contribution in [0, 0.1) is 5.41 Å². The van der Waals surface area contributed by atoms with E-state index in [1.165, 1.54) is 0 Å². The van der Waals surface area contributed by atoms with Crippen molar-refractivity contribution in [1.82, 2.24) is 9.80 Å². The van der Waals surface area contributed by atoms with Crippen molar-refractivity contribution in [2.75, 3.05) is 39.3 Å². The van der Waals surface area contributed by atoms with Gasteiger partial charge in [-0.25, -0.2) is 0 Å². The molecule has 0 spiro atoms. The minimum absolute atomic E-state index is 0.0637. The van der Waals surface area contributed by atoms with Crippen LogP contribution >= 0.6 is 0 Å². The van der Waals surface area contributed by atoms with Gasteiger partial charge in [0.25, 0.3) is 0 Å². The number of amides is 1. The summed E-state index contributed by atoms with van der Waals surface area (Å²) in [6, 6.07) is 0. The molecule has 1 N–H and O–H groups in total. The highest BCUT2D eigenvalue weighted by molar-refractivity contribution is 5.76. The maximum absolute atomic E-state index is 12.1. The number of aliphatic hydroxyl groups is 1. The Morgan fingerprint density at radius 2 is 1.88 bits per heavy atom. The first-order valence-corrected chi connectivity index (χ1v) is 6.53. The first kappa shape index (κ1) is 14.5. The average Bonchev–Trinajstić information content (AvgIpc) is 2.41. The molecule has 0 aliphatic carbocycles. The van der Waals surface area contributed by atoms with Gasteiger partial charge in [-0.15, -0.1) is 0 Å². The van der Waals surface area contributed by atoms with Crippen molar-refractivity contribution in [3.63, 3.8) is 0 Å². The molecule has 1 rings (SSSR count). The van der Waals surface area contributed by atoms with Gasteiger partial charge in [-0.2, -0.15) is 0 Å². The molecule has 0 aromatic rings. The molecule has 1 saturated heterocycles. The Kier molecular flexibility index (Phi) is 5.40.